The van der Waals surface area contributed by atoms with E-state index in [0.29, 0.717) is 11.4 Å². The Morgan fingerprint density at radius 3 is 2.87 bits per heavy atom. The molecule has 0 atom stereocenters. The van der Waals surface area contributed by atoms with Gasteiger partial charge in [0.25, 0.3) is 0 Å². The highest BCUT2D eigenvalue weighted by atomic mass is 32.1. The van der Waals surface area contributed by atoms with Gasteiger partial charge in [0.15, 0.2) is 5.82 Å². The molecule has 0 fully saturated rings. The van der Waals surface area contributed by atoms with Gasteiger partial charge in [-0.3, -0.25) is 0 Å². The number of thiophene rings is 1. The number of nitrogens with two attached hydrogens (primary N) is 1. The van der Waals surface area contributed by atoms with Crippen LogP contribution in [0.2, 0.25) is 0 Å². The van der Waals surface area contributed by atoms with Gasteiger partial charge in [0.2, 0.25) is 0 Å². The SMILES string of the molecule is N#Cc1ccc(-c2cccs2)nc1NN. The van der Waals surface area contributed by atoms with Gasteiger partial charge in [-0.25, -0.2) is 10.8 Å². The molecule has 2 heterocycles. The molecule has 0 amide bonds. The van der Waals surface area contributed by atoms with Crippen LogP contribution < -0.4 is 11.3 Å². The number of nitriles is 1. The van der Waals surface area contributed by atoms with E-state index in [1.165, 1.54) is 0 Å². The first kappa shape index (κ1) is 9.65. The molecule has 0 bridgehead atoms. The maximum Gasteiger partial charge on any atom is 0.158 e. The van der Waals surface area contributed by atoms with Crippen molar-refractivity contribution in [2.24, 2.45) is 5.84 Å². The molecule has 0 radical (unpaired) electrons. The van der Waals surface area contributed by atoms with E-state index in [9.17, 15) is 0 Å². The van der Waals surface area contributed by atoms with Gasteiger partial charge in [-0.05, 0) is 23.6 Å². The number of nitrogen functional groups attached to an aromatic ring is 1. The fourth-order valence-electron chi connectivity index (χ4n) is 1.22. The molecule has 5 heteroatoms. The van der Waals surface area contributed by atoms with Crippen LogP contribution in [-0.4, -0.2) is 4.98 Å². The van der Waals surface area contributed by atoms with Crippen LogP contribution in [0.1, 0.15) is 5.56 Å². The van der Waals surface area contributed by atoms with Gasteiger partial charge in [-0.15, -0.1) is 11.3 Å². The summed E-state index contributed by atoms with van der Waals surface area (Å²) in [6.07, 6.45) is 0. The number of aromatic nitrogens is 1. The molecule has 0 aliphatic carbocycles. The summed E-state index contributed by atoms with van der Waals surface area (Å²) in [6, 6.07) is 9.46. The van der Waals surface area contributed by atoms with Crippen LogP contribution >= 0.6 is 11.3 Å². The zero-order chi connectivity index (χ0) is 10.7. The number of nitrogens with one attached hydrogen (secondary N) is 1. The second-order valence-electron chi connectivity index (χ2n) is 2.83. The van der Waals surface area contributed by atoms with Crippen molar-refractivity contribution in [2.45, 2.75) is 0 Å². The molecular weight excluding hydrogens is 208 g/mol. The second-order valence-corrected chi connectivity index (χ2v) is 3.77. The fourth-order valence-corrected chi connectivity index (χ4v) is 1.92. The third kappa shape index (κ3) is 1.81. The topological polar surface area (TPSA) is 74.7 Å². The van der Waals surface area contributed by atoms with Crippen molar-refractivity contribution in [2.75, 3.05) is 5.43 Å². The number of hydrazine groups is 1. The van der Waals surface area contributed by atoms with Crippen molar-refractivity contribution in [3.63, 3.8) is 0 Å². The number of nitrogens with zero attached hydrogens (tertiary/aromatic N) is 2. The monoisotopic (exact) mass is 216 g/mol. The molecular formula is C10H8N4S. The first-order valence-corrected chi connectivity index (χ1v) is 5.15. The molecule has 0 aliphatic rings. The minimum Gasteiger partial charge on any atom is -0.307 e. The Bertz CT molecular complexity index is 499. The van der Waals surface area contributed by atoms with E-state index in [4.69, 9.17) is 11.1 Å². The second kappa shape index (κ2) is 4.09. The molecule has 4 nitrogen and oxygen atoms in total. The highest BCUT2D eigenvalue weighted by molar-refractivity contribution is 7.13. The van der Waals surface area contributed by atoms with Gasteiger partial charge in [0.05, 0.1) is 16.1 Å². The van der Waals surface area contributed by atoms with Crippen molar-refractivity contribution in [1.82, 2.24) is 4.98 Å². The van der Waals surface area contributed by atoms with Gasteiger partial charge in [-0.1, -0.05) is 6.07 Å². The van der Waals surface area contributed by atoms with Crippen molar-refractivity contribution >= 4 is 17.2 Å². The minimum absolute atomic E-state index is 0.406. The summed E-state index contributed by atoms with van der Waals surface area (Å²) in [6.45, 7) is 0. The Morgan fingerprint density at radius 1 is 1.40 bits per heavy atom. The maximum atomic E-state index is 8.79. The highest BCUT2D eigenvalue weighted by Crippen LogP contribution is 2.24. The molecule has 74 valence electrons. The average molecular weight is 216 g/mol. The summed E-state index contributed by atoms with van der Waals surface area (Å²) >= 11 is 1.59. The summed E-state index contributed by atoms with van der Waals surface area (Å²) in [7, 11) is 0. The lowest BCUT2D eigenvalue weighted by Gasteiger charge is -2.03. The van der Waals surface area contributed by atoms with Crippen LogP contribution in [0, 0.1) is 11.3 Å². The molecule has 0 aromatic carbocycles. The van der Waals surface area contributed by atoms with Gasteiger partial charge in [0.1, 0.15) is 6.07 Å². The summed E-state index contributed by atoms with van der Waals surface area (Å²) in [4.78, 5) is 5.31. The number of rotatable bonds is 2. The van der Waals surface area contributed by atoms with Crippen LogP contribution in [0.15, 0.2) is 29.6 Å². The Morgan fingerprint density at radius 2 is 2.27 bits per heavy atom. The molecule has 15 heavy (non-hydrogen) atoms. The Kier molecular flexibility index (Phi) is 2.63. The third-order valence-electron chi connectivity index (χ3n) is 1.93. The predicted molar refractivity (Wildman–Crippen MR) is 60.1 cm³/mol. The number of hydrogen-bond donors (Lipinski definition) is 2. The van der Waals surface area contributed by atoms with E-state index in [2.05, 4.69) is 10.4 Å². The normalized spacial score (nSPS) is 9.60. The molecule has 0 saturated carbocycles. The van der Waals surface area contributed by atoms with Gasteiger partial charge < -0.3 is 5.43 Å². The molecule has 3 N–H and O–H groups in total. The Balaban J connectivity index is 2.49. The van der Waals surface area contributed by atoms with Crippen molar-refractivity contribution in [1.29, 1.82) is 5.26 Å². The molecule has 0 spiro atoms. The molecule has 2 rings (SSSR count). The summed E-state index contributed by atoms with van der Waals surface area (Å²) in [5.41, 5.74) is 3.68. The summed E-state index contributed by atoms with van der Waals surface area (Å²) < 4.78 is 0. The van der Waals surface area contributed by atoms with Crippen LogP contribution in [0.25, 0.3) is 10.6 Å². The lowest BCUT2D eigenvalue weighted by molar-refractivity contribution is 1.22. The molecule has 0 saturated heterocycles. The van der Waals surface area contributed by atoms with Crippen molar-refractivity contribution in [3.8, 4) is 16.6 Å². The molecule has 0 aliphatic heterocycles. The smallest absolute Gasteiger partial charge is 0.158 e. The minimum atomic E-state index is 0.406. The molecule has 0 unspecified atom stereocenters. The van der Waals surface area contributed by atoms with E-state index in [0.717, 1.165) is 10.6 Å². The lowest BCUT2D eigenvalue weighted by Crippen LogP contribution is -2.10. The van der Waals surface area contributed by atoms with Crippen LogP contribution in [0.5, 0.6) is 0 Å². The molecule has 2 aromatic rings. The van der Waals surface area contributed by atoms with E-state index in [1.54, 1.807) is 17.4 Å². The van der Waals surface area contributed by atoms with Gasteiger partial charge in [0, 0.05) is 0 Å². The Labute approximate surface area is 91.0 Å². The maximum absolute atomic E-state index is 8.79. The van der Waals surface area contributed by atoms with Gasteiger partial charge >= 0.3 is 0 Å². The van der Waals surface area contributed by atoms with E-state index in [-0.39, 0.29) is 0 Å². The van der Waals surface area contributed by atoms with Gasteiger partial charge in [-0.2, -0.15) is 5.26 Å². The van der Waals surface area contributed by atoms with Crippen molar-refractivity contribution in [3.05, 3.63) is 35.2 Å². The fraction of sp³-hybridized carbons (Fsp3) is 0. The summed E-state index contributed by atoms with van der Waals surface area (Å²) in [5.74, 6) is 5.69. The first-order chi connectivity index (χ1) is 7.35. The Hall–Kier alpha value is -1.90. The first-order valence-electron chi connectivity index (χ1n) is 4.27. The number of anilines is 1. The lowest BCUT2D eigenvalue weighted by atomic mass is 10.2. The highest BCUT2D eigenvalue weighted by Gasteiger charge is 2.05. The van der Waals surface area contributed by atoms with Crippen LogP contribution in [-0.2, 0) is 0 Å². The number of hydrogen-bond acceptors (Lipinski definition) is 5. The van der Waals surface area contributed by atoms with Crippen LogP contribution in [0.4, 0.5) is 5.82 Å². The summed E-state index contributed by atoms with van der Waals surface area (Å²) in [5, 5.41) is 10.8. The van der Waals surface area contributed by atoms with E-state index >= 15 is 0 Å². The number of pyridine rings is 1. The van der Waals surface area contributed by atoms with Crippen LogP contribution in [0.3, 0.4) is 0 Å². The predicted octanol–water partition coefficient (Wildman–Crippen LogP) is 1.97. The van der Waals surface area contributed by atoms with Crippen molar-refractivity contribution < 1.29 is 0 Å². The molecule has 2 aromatic heterocycles. The van der Waals surface area contributed by atoms with E-state index < -0.39 is 0 Å². The quantitative estimate of drug-likeness (QED) is 0.594. The third-order valence-corrected chi connectivity index (χ3v) is 2.82. The zero-order valence-corrected chi connectivity index (χ0v) is 8.58. The van der Waals surface area contributed by atoms with E-state index in [1.807, 2.05) is 29.6 Å². The largest absolute Gasteiger partial charge is 0.307 e. The average Bonchev–Trinajstić information content (AvgIpc) is 2.81. The standard InChI is InChI=1S/C10H8N4S/c11-6-7-3-4-8(13-10(7)14-12)9-2-1-5-15-9/h1-5H,12H2,(H,13,14). The zero-order valence-electron chi connectivity index (χ0n) is 7.77.